The van der Waals surface area contributed by atoms with Gasteiger partial charge < -0.3 is 4.74 Å². The van der Waals surface area contributed by atoms with Crippen molar-refractivity contribution in [3.63, 3.8) is 0 Å². The number of nitro benzene ring substituents is 1. The van der Waals surface area contributed by atoms with E-state index in [1.54, 1.807) is 13.0 Å². The van der Waals surface area contributed by atoms with Gasteiger partial charge >= 0.3 is 0 Å². The van der Waals surface area contributed by atoms with E-state index in [4.69, 9.17) is 4.74 Å². The number of hydrogen-bond donors (Lipinski definition) is 0. The summed E-state index contributed by atoms with van der Waals surface area (Å²) < 4.78 is 7.35. The molecule has 0 aliphatic carbocycles. The number of aryl methyl sites for hydroxylation is 2. The lowest BCUT2D eigenvalue weighted by Crippen LogP contribution is -1.94. The Hall–Kier alpha value is -1.40. The van der Waals surface area contributed by atoms with Crippen molar-refractivity contribution in [1.29, 1.82) is 0 Å². The predicted octanol–water partition coefficient (Wildman–Crippen LogP) is 5.53. The normalized spacial score (nSPS) is 10.4. The minimum atomic E-state index is -0.408. The van der Waals surface area contributed by atoms with Gasteiger partial charge in [0.1, 0.15) is 11.5 Å². The summed E-state index contributed by atoms with van der Waals surface area (Å²) >= 11 is 6.70. The lowest BCUT2D eigenvalue weighted by Gasteiger charge is -2.11. The van der Waals surface area contributed by atoms with E-state index < -0.39 is 4.92 Å². The maximum atomic E-state index is 10.9. The van der Waals surface area contributed by atoms with E-state index in [0.29, 0.717) is 21.5 Å². The fourth-order valence-electron chi connectivity index (χ4n) is 1.77. The van der Waals surface area contributed by atoms with Gasteiger partial charge in [-0.1, -0.05) is 15.9 Å². The van der Waals surface area contributed by atoms with Crippen LogP contribution in [0.5, 0.6) is 11.5 Å². The molecule has 2 aromatic rings. The number of halogens is 2. The molecule has 0 N–H and O–H groups in total. The van der Waals surface area contributed by atoms with Gasteiger partial charge in [0.05, 0.1) is 9.40 Å². The fraction of sp³-hybridized carbons (Fsp3) is 0.143. The fourth-order valence-corrected chi connectivity index (χ4v) is 2.65. The van der Waals surface area contributed by atoms with Crippen LogP contribution in [-0.2, 0) is 0 Å². The molecule has 0 aliphatic rings. The van der Waals surface area contributed by atoms with Gasteiger partial charge in [-0.05, 0) is 59.6 Å². The van der Waals surface area contributed by atoms with Crippen LogP contribution in [0.25, 0.3) is 0 Å². The summed E-state index contributed by atoms with van der Waals surface area (Å²) in [5.41, 5.74) is 1.60. The first-order chi connectivity index (χ1) is 9.38. The Morgan fingerprint density at radius 1 is 1.05 bits per heavy atom. The number of nitro groups is 1. The van der Waals surface area contributed by atoms with E-state index in [-0.39, 0.29) is 5.69 Å². The summed E-state index contributed by atoms with van der Waals surface area (Å²) in [7, 11) is 0. The van der Waals surface area contributed by atoms with Crippen LogP contribution in [0.15, 0.2) is 39.3 Å². The topological polar surface area (TPSA) is 52.4 Å². The molecule has 0 saturated carbocycles. The molecule has 104 valence electrons. The largest absolute Gasteiger partial charge is 0.456 e. The maximum Gasteiger partial charge on any atom is 0.273 e. The van der Waals surface area contributed by atoms with Crippen molar-refractivity contribution in [2.45, 2.75) is 13.8 Å². The molecule has 0 radical (unpaired) electrons. The quantitative estimate of drug-likeness (QED) is 0.502. The predicted molar refractivity (Wildman–Crippen MR) is 84.5 cm³/mol. The van der Waals surface area contributed by atoms with Crippen LogP contribution in [-0.4, -0.2) is 4.92 Å². The number of benzene rings is 2. The smallest absolute Gasteiger partial charge is 0.273 e. The van der Waals surface area contributed by atoms with Crippen LogP contribution < -0.4 is 4.74 Å². The Bertz CT molecular complexity index is 686. The second kappa shape index (κ2) is 5.93. The van der Waals surface area contributed by atoms with Gasteiger partial charge in [0, 0.05) is 16.1 Å². The third-order valence-corrected chi connectivity index (χ3v) is 3.92. The van der Waals surface area contributed by atoms with Gasteiger partial charge in [0.25, 0.3) is 5.69 Å². The highest BCUT2D eigenvalue weighted by molar-refractivity contribution is 9.10. The molecule has 0 aromatic heterocycles. The molecule has 0 atom stereocenters. The van der Waals surface area contributed by atoms with Gasteiger partial charge in [-0.3, -0.25) is 10.1 Å². The summed E-state index contributed by atoms with van der Waals surface area (Å²) in [5.74, 6) is 1.26. The van der Waals surface area contributed by atoms with Crippen molar-refractivity contribution in [3.8, 4) is 11.5 Å². The van der Waals surface area contributed by atoms with Crippen molar-refractivity contribution in [3.05, 3.63) is 60.5 Å². The van der Waals surface area contributed by atoms with Gasteiger partial charge in [-0.15, -0.1) is 0 Å². The van der Waals surface area contributed by atoms with Crippen molar-refractivity contribution < 1.29 is 9.66 Å². The molecule has 0 heterocycles. The molecule has 0 fully saturated rings. The van der Waals surface area contributed by atoms with Crippen LogP contribution in [0.2, 0.25) is 0 Å². The zero-order valence-corrected chi connectivity index (χ0v) is 14.0. The van der Waals surface area contributed by atoms with Gasteiger partial charge in [-0.25, -0.2) is 0 Å². The SMILES string of the molecule is Cc1cc(Br)ccc1Oc1cc(C)c([N+](=O)[O-])cc1Br. The van der Waals surface area contributed by atoms with Gasteiger partial charge in [0.15, 0.2) is 0 Å². The molecule has 6 heteroatoms. The number of rotatable bonds is 3. The zero-order valence-electron chi connectivity index (χ0n) is 10.8. The lowest BCUT2D eigenvalue weighted by molar-refractivity contribution is -0.385. The highest BCUT2D eigenvalue weighted by Gasteiger charge is 2.15. The molecule has 0 saturated heterocycles. The molecule has 0 spiro atoms. The third kappa shape index (κ3) is 3.19. The second-order valence-corrected chi connectivity index (χ2v) is 6.11. The molecule has 20 heavy (non-hydrogen) atoms. The van der Waals surface area contributed by atoms with E-state index in [2.05, 4.69) is 31.9 Å². The lowest BCUT2D eigenvalue weighted by atomic mass is 10.2. The zero-order chi connectivity index (χ0) is 14.9. The van der Waals surface area contributed by atoms with Crippen molar-refractivity contribution in [2.24, 2.45) is 0 Å². The van der Waals surface area contributed by atoms with Gasteiger partial charge in [-0.2, -0.15) is 0 Å². The van der Waals surface area contributed by atoms with Gasteiger partial charge in [0.2, 0.25) is 0 Å². The summed E-state index contributed by atoms with van der Waals surface area (Å²) in [6.45, 7) is 3.62. The Morgan fingerprint density at radius 2 is 1.75 bits per heavy atom. The second-order valence-electron chi connectivity index (χ2n) is 4.34. The van der Waals surface area contributed by atoms with Crippen LogP contribution in [0.4, 0.5) is 5.69 Å². The first kappa shape index (κ1) is 15.0. The molecule has 0 unspecified atom stereocenters. The standard InChI is InChI=1S/C14H11Br2NO3/c1-8-6-14(11(16)7-12(8)17(18)19)20-13-4-3-10(15)5-9(13)2/h3-7H,1-2H3. The third-order valence-electron chi connectivity index (χ3n) is 2.80. The molecule has 4 nitrogen and oxygen atoms in total. The van der Waals surface area contributed by atoms with E-state index in [1.807, 2.05) is 25.1 Å². The summed E-state index contributed by atoms with van der Waals surface area (Å²) in [4.78, 5) is 10.5. The maximum absolute atomic E-state index is 10.9. The summed E-state index contributed by atoms with van der Waals surface area (Å²) in [6, 6.07) is 8.79. The van der Waals surface area contributed by atoms with Crippen molar-refractivity contribution in [1.82, 2.24) is 0 Å². The minimum absolute atomic E-state index is 0.0664. The van der Waals surface area contributed by atoms with Crippen LogP contribution in [0.3, 0.4) is 0 Å². The highest BCUT2D eigenvalue weighted by atomic mass is 79.9. The van der Waals surface area contributed by atoms with E-state index in [1.165, 1.54) is 6.07 Å². The molecule has 2 rings (SSSR count). The van der Waals surface area contributed by atoms with E-state index in [0.717, 1.165) is 10.0 Å². The Balaban J connectivity index is 2.39. The first-order valence-corrected chi connectivity index (χ1v) is 7.35. The molecular weight excluding hydrogens is 390 g/mol. The van der Waals surface area contributed by atoms with E-state index in [9.17, 15) is 10.1 Å². The summed E-state index contributed by atoms with van der Waals surface area (Å²) in [5, 5.41) is 10.9. The summed E-state index contributed by atoms with van der Waals surface area (Å²) in [6.07, 6.45) is 0. The average Bonchev–Trinajstić information content (AvgIpc) is 2.36. The average molecular weight is 401 g/mol. The molecule has 0 aliphatic heterocycles. The first-order valence-electron chi connectivity index (χ1n) is 5.77. The Kier molecular flexibility index (Phi) is 4.45. The van der Waals surface area contributed by atoms with Crippen LogP contribution in [0, 0.1) is 24.0 Å². The highest BCUT2D eigenvalue weighted by Crippen LogP contribution is 2.36. The molecule has 0 bridgehead atoms. The molecular formula is C14H11Br2NO3. The van der Waals surface area contributed by atoms with E-state index >= 15 is 0 Å². The number of nitrogens with zero attached hydrogens (tertiary/aromatic N) is 1. The number of ether oxygens (including phenoxy) is 1. The monoisotopic (exact) mass is 399 g/mol. The Morgan fingerprint density at radius 3 is 2.35 bits per heavy atom. The Labute approximate surface area is 133 Å². The van der Waals surface area contributed by atoms with Crippen LogP contribution in [0.1, 0.15) is 11.1 Å². The van der Waals surface area contributed by atoms with Crippen molar-refractivity contribution >= 4 is 37.5 Å². The molecule has 0 amide bonds. The van der Waals surface area contributed by atoms with Crippen LogP contribution >= 0.6 is 31.9 Å². The molecule has 2 aromatic carbocycles. The van der Waals surface area contributed by atoms with Crippen molar-refractivity contribution in [2.75, 3.05) is 0 Å². The number of hydrogen-bond acceptors (Lipinski definition) is 3. The minimum Gasteiger partial charge on any atom is -0.456 e.